The number of ether oxygens (including phenoxy) is 3. The predicted octanol–water partition coefficient (Wildman–Crippen LogP) is 1.65. The summed E-state index contributed by atoms with van der Waals surface area (Å²) in [6, 6.07) is 5.55. The average Bonchev–Trinajstić information content (AvgIpc) is 2.80. The third kappa shape index (κ3) is 2.85. The molecule has 6 heteroatoms. The number of aromatic nitrogens is 3. The largest absolute Gasteiger partial charge is 0.497 e. The molecule has 2 rings (SSSR count). The normalized spacial score (nSPS) is 10.5. The van der Waals surface area contributed by atoms with Crippen LogP contribution in [0.2, 0.25) is 0 Å². The maximum absolute atomic E-state index is 5.24. The Morgan fingerprint density at radius 2 is 1.68 bits per heavy atom. The van der Waals surface area contributed by atoms with Crippen molar-refractivity contribution in [1.82, 2.24) is 14.8 Å². The molecule has 19 heavy (non-hydrogen) atoms. The third-order valence-electron chi connectivity index (χ3n) is 2.74. The minimum absolute atomic E-state index is 0.421. The van der Waals surface area contributed by atoms with Crippen LogP contribution in [0.4, 0.5) is 0 Å². The van der Waals surface area contributed by atoms with Gasteiger partial charge in [-0.1, -0.05) is 0 Å². The second-order valence-corrected chi connectivity index (χ2v) is 4.01. The van der Waals surface area contributed by atoms with Gasteiger partial charge in [-0.3, -0.25) is 4.68 Å². The minimum Gasteiger partial charge on any atom is -0.497 e. The molecule has 102 valence electrons. The Balaban J connectivity index is 2.42. The van der Waals surface area contributed by atoms with Crippen LogP contribution in [0.3, 0.4) is 0 Å². The molecule has 0 aliphatic heterocycles. The first kappa shape index (κ1) is 13.4. The monoisotopic (exact) mass is 263 g/mol. The molecule has 0 saturated carbocycles. The molecule has 0 N–H and O–H groups in total. The van der Waals surface area contributed by atoms with Crippen LogP contribution in [0.15, 0.2) is 18.2 Å². The van der Waals surface area contributed by atoms with Gasteiger partial charge in [-0.15, -0.1) is 0 Å². The summed E-state index contributed by atoms with van der Waals surface area (Å²) in [5.74, 6) is 2.79. The molecule has 0 bridgehead atoms. The van der Waals surface area contributed by atoms with E-state index in [4.69, 9.17) is 14.2 Å². The lowest BCUT2D eigenvalue weighted by Crippen LogP contribution is -2.00. The second kappa shape index (κ2) is 5.71. The molecular formula is C13H17N3O3. The molecule has 0 spiro atoms. The fourth-order valence-electron chi connectivity index (χ4n) is 1.73. The molecule has 1 aromatic carbocycles. The Labute approximate surface area is 111 Å². The molecule has 1 aromatic heterocycles. The van der Waals surface area contributed by atoms with Gasteiger partial charge in [-0.25, -0.2) is 4.98 Å². The van der Waals surface area contributed by atoms with E-state index < -0.39 is 0 Å². The van der Waals surface area contributed by atoms with Crippen molar-refractivity contribution < 1.29 is 14.2 Å². The van der Waals surface area contributed by atoms with E-state index in [1.54, 1.807) is 26.0 Å². The fraction of sp³-hybridized carbons (Fsp3) is 0.385. The smallest absolute Gasteiger partial charge is 0.181 e. The summed E-state index contributed by atoms with van der Waals surface area (Å²) >= 11 is 0. The van der Waals surface area contributed by atoms with Crippen LogP contribution in [0.1, 0.15) is 5.82 Å². The van der Waals surface area contributed by atoms with Gasteiger partial charge in [-0.2, -0.15) is 5.10 Å². The Kier molecular flexibility index (Phi) is 4.01. The standard InChI is InChI=1S/C13H17N3O3/c1-16-12(8-17-2)14-13(15-16)9-5-10(18-3)7-11(6-9)19-4/h5-7H,8H2,1-4H3. The molecule has 0 amide bonds. The van der Waals surface area contributed by atoms with Crippen molar-refractivity contribution in [3.8, 4) is 22.9 Å². The summed E-state index contributed by atoms with van der Waals surface area (Å²) in [7, 11) is 6.69. The zero-order valence-electron chi connectivity index (χ0n) is 11.5. The Morgan fingerprint density at radius 1 is 1.05 bits per heavy atom. The lowest BCUT2D eigenvalue weighted by atomic mass is 10.2. The Morgan fingerprint density at radius 3 is 2.21 bits per heavy atom. The molecule has 0 atom stereocenters. The fourth-order valence-corrected chi connectivity index (χ4v) is 1.73. The third-order valence-corrected chi connectivity index (χ3v) is 2.74. The van der Waals surface area contributed by atoms with Crippen LogP contribution in [0.5, 0.6) is 11.5 Å². The van der Waals surface area contributed by atoms with Crippen molar-refractivity contribution in [3.63, 3.8) is 0 Å². The lowest BCUT2D eigenvalue weighted by molar-refractivity contribution is 0.174. The molecule has 1 heterocycles. The number of hydrogen-bond donors (Lipinski definition) is 0. The van der Waals surface area contributed by atoms with Crippen molar-refractivity contribution in [2.45, 2.75) is 6.61 Å². The van der Waals surface area contributed by atoms with Crippen molar-refractivity contribution in [2.24, 2.45) is 7.05 Å². The van der Waals surface area contributed by atoms with Crippen LogP contribution in [0.25, 0.3) is 11.4 Å². The highest BCUT2D eigenvalue weighted by Gasteiger charge is 2.11. The summed E-state index contributed by atoms with van der Waals surface area (Å²) in [5.41, 5.74) is 0.842. The first-order chi connectivity index (χ1) is 9.17. The van der Waals surface area contributed by atoms with Crippen LogP contribution in [-0.2, 0) is 18.4 Å². The number of methoxy groups -OCH3 is 3. The summed E-state index contributed by atoms with van der Waals surface area (Å²) < 4.78 is 17.2. The van der Waals surface area contributed by atoms with E-state index in [1.807, 2.05) is 25.2 Å². The van der Waals surface area contributed by atoms with E-state index in [0.29, 0.717) is 23.9 Å². The Bertz CT molecular complexity index is 544. The maximum atomic E-state index is 5.24. The van der Waals surface area contributed by atoms with E-state index in [-0.39, 0.29) is 0 Å². The van der Waals surface area contributed by atoms with Gasteiger partial charge in [0.2, 0.25) is 0 Å². The molecule has 0 unspecified atom stereocenters. The SMILES string of the molecule is COCc1nc(-c2cc(OC)cc(OC)c2)nn1C. The van der Waals surface area contributed by atoms with E-state index >= 15 is 0 Å². The van der Waals surface area contributed by atoms with Crippen molar-refractivity contribution in [2.75, 3.05) is 21.3 Å². The van der Waals surface area contributed by atoms with Gasteiger partial charge in [0.25, 0.3) is 0 Å². The van der Waals surface area contributed by atoms with E-state index in [0.717, 1.165) is 11.4 Å². The topological polar surface area (TPSA) is 58.4 Å². The van der Waals surface area contributed by atoms with Crippen LogP contribution in [-0.4, -0.2) is 36.1 Å². The summed E-state index contributed by atoms with van der Waals surface area (Å²) in [4.78, 5) is 4.44. The highest BCUT2D eigenvalue weighted by molar-refractivity contribution is 5.60. The van der Waals surface area contributed by atoms with Gasteiger partial charge >= 0.3 is 0 Å². The zero-order chi connectivity index (χ0) is 13.8. The maximum Gasteiger partial charge on any atom is 0.181 e. The Hall–Kier alpha value is -2.08. The molecule has 0 fully saturated rings. The second-order valence-electron chi connectivity index (χ2n) is 4.01. The molecule has 0 aliphatic rings. The van der Waals surface area contributed by atoms with Crippen LogP contribution >= 0.6 is 0 Å². The van der Waals surface area contributed by atoms with Gasteiger partial charge in [-0.05, 0) is 12.1 Å². The molecule has 0 aliphatic carbocycles. The number of rotatable bonds is 5. The zero-order valence-corrected chi connectivity index (χ0v) is 11.5. The van der Waals surface area contributed by atoms with E-state index in [1.165, 1.54) is 0 Å². The predicted molar refractivity (Wildman–Crippen MR) is 70.3 cm³/mol. The summed E-state index contributed by atoms with van der Waals surface area (Å²) in [6.45, 7) is 0.421. The molecule has 2 aromatic rings. The number of benzene rings is 1. The first-order valence-electron chi connectivity index (χ1n) is 5.80. The van der Waals surface area contributed by atoms with Gasteiger partial charge in [0.15, 0.2) is 11.6 Å². The molecule has 0 saturated heterocycles. The number of aryl methyl sites for hydroxylation is 1. The van der Waals surface area contributed by atoms with Gasteiger partial charge in [0.05, 0.1) is 14.2 Å². The minimum atomic E-state index is 0.421. The van der Waals surface area contributed by atoms with Crippen molar-refractivity contribution in [3.05, 3.63) is 24.0 Å². The molecule has 0 radical (unpaired) electrons. The average molecular weight is 263 g/mol. The molecule has 6 nitrogen and oxygen atoms in total. The summed E-state index contributed by atoms with van der Waals surface area (Å²) in [6.07, 6.45) is 0. The lowest BCUT2D eigenvalue weighted by Gasteiger charge is -2.06. The molecular weight excluding hydrogens is 246 g/mol. The number of hydrogen-bond acceptors (Lipinski definition) is 5. The van der Waals surface area contributed by atoms with Gasteiger partial charge in [0, 0.05) is 25.8 Å². The van der Waals surface area contributed by atoms with Crippen molar-refractivity contribution in [1.29, 1.82) is 0 Å². The van der Waals surface area contributed by atoms with Crippen LogP contribution < -0.4 is 9.47 Å². The van der Waals surface area contributed by atoms with Gasteiger partial charge < -0.3 is 14.2 Å². The summed E-state index contributed by atoms with van der Waals surface area (Å²) in [5, 5.41) is 4.36. The highest BCUT2D eigenvalue weighted by atomic mass is 16.5. The van der Waals surface area contributed by atoms with Crippen LogP contribution in [0, 0.1) is 0 Å². The van der Waals surface area contributed by atoms with Crippen molar-refractivity contribution >= 4 is 0 Å². The first-order valence-corrected chi connectivity index (χ1v) is 5.80. The number of nitrogens with zero attached hydrogens (tertiary/aromatic N) is 3. The highest BCUT2D eigenvalue weighted by Crippen LogP contribution is 2.28. The quantitative estimate of drug-likeness (QED) is 0.821. The van der Waals surface area contributed by atoms with E-state index in [9.17, 15) is 0 Å². The van der Waals surface area contributed by atoms with Gasteiger partial charge in [0.1, 0.15) is 18.1 Å². The van der Waals surface area contributed by atoms with E-state index in [2.05, 4.69) is 10.1 Å².